The lowest BCUT2D eigenvalue weighted by molar-refractivity contribution is 0.538. The van der Waals surface area contributed by atoms with Gasteiger partial charge in [-0.3, -0.25) is 0 Å². The Morgan fingerprint density at radius 1 is 1.19 bits per heavy atom. The average Bonchev–Trinajstić information content (AvgIpc) is 2.43. The first kappa shape index (κ1) is 18.3. The van der Waals surface area contributed by atoms with E-state index in [2.05, 4.69) is 53.8 Å². The van der Waals surface area contributed by atoms with Gasteiger partial charge in [0, 0.05) is 23.3 Å². The minimum absolute atomic E-state index is 0.0258. The lowest BCUT2D eigenvalue weighted by Gasteiger charge is -2.21. The molecule has 1 atom stereocenters. The molecule has 4 heteroatoms. The Hall–Kier alpha value is -0.770. The molecule has 1 aromatic rings. The third-order valence-electron chi connectivity index (χ3n) is 3.52. The van der Waals surface area contributed by atoms with Crippen molar-refractivity contribution in [1.82, 2.24) is 9.97 Å². The number of thioether (sulfide) groups is 1. The van der Waals surface area contributed by atoms with E-state index in [0.29, 0.717) is 0 Å². The van der Waals surface area contributed by atoms with Crippen LogP contribution in [-0.2, 0) is 5.41 Å². The number of nitrogens with zero attached hydrogens (tertiary/aromatic N) is 2. The van der Waals surface area contributed by atoms with Crippen LogP contribution in [-0.4, -0.2) is 22.3 Å². The summed E-state index contributed by atoms with van der Waals surface area (Å²) in [5.74, 6) is 3.77. The highest BCUT2D eigenvalue weighted by atomic mass is 32.2. The van der Waals surface area contributed by atoms with Gasteiger partial charge in [-0.2, -0.15) is 0 Å². The largest absolute Gasteiger partial charge is 0.370 e. The van der Waals surface area contributed by atoms with Crippen molar-refractivity contribution in [2.75, 3.05) is 17.6 Å². The SMILES string of the molecule is CCCNc1nc(C(C)(C)C)nc(SCC(C)CC)c1C. The van der Waals surface area contributed by atoms with Crippen LogP contribution < -0.4 is 5.32 Å². The molecule has 0 aliphatic heterocycles. The molecule has 0 aliphatic rings. The minimum Gasteiger partial charge on any atom is -0.370 e. The van der Waals surface area contributed by atoms with E-state index in [0.717, 1.165) is 41.3 Å². The van der Waals surface area contributed by atoms with E-state index in [9.17, 15) is 0 Å². The monoisotopic (exact) mass is 309 g/mol. The number of nitrogens with one attached hydrogen (secondary N) is 1. The second kappa shape index (κ2) is 8.02. The highest BCUT2D eigenvalue weighted by Gasteiger charge is 2.21. The van der Waals surface area contributed by atoms with Crippen LogP contribution >= 0.6 is 11.8 Å². The average molecular weight is 310 g/mol. The van der Waals surface area contributed by atoms with Gasteiger partial charge in [0.2, 0.25) is 0 Å². The van der Waals surface area contributed by atoms with Crippen molar-refractivity contribution in [1.29, 1.82) is 0 Å². The molecule has 0 amide bonds. The first-order chi connectivity index (χ1) is 9.79. The van der Waals surface area contributed by atoms with Crippen LogP contribution in [0.2, 0.25) is 0 Å². The van der Waals surface area contributed by atoms with E-state index in [-0.39, 0.29) is 5.41 Å². The Bertz CT molecular complexity index is 452. The molecule has 1 unspecified atom stereocenters. The fourth-order valence-electron chi connectivity index (χ4n) is 1.73. The van der Waals surface area contributed by atoms with Crippen LogP contribution in [0.25, 0.3) is 0 Å². The Labute approximate surface area is 134 Å². The van der Waals surface area contributed by atoms with E-state index in [1.807, 2.05) is 11.8 Å². The van der Waals surface area contributed by atoms with E-state index < -0.39 is 0 Å². The second-order valence-corrected chi connectivity index (χ2v) is 7.84. The molecule has 0 aliphatic carbocycles. The normalized spacial score (nSPS) is 13.3. The maximum atomic E-state index is 4.83. The molecule has 0 radical (unpaired) electrons. The van der Waals surface area contributed by atoms with Gasteiger partial charge in [0.1, 0.15) is 16.7 Å². The predicted octanol–water partition coefficient (Wildman–Crippen LogP) is 5.04. The number of anilines is 1. The molecule has 0 saturated heterocycles. The molecule has 1 heterocycles. The molecule has 0 saturated carbocycles. The Balaban J connectivity index is 3.08. The summed E-state index contributed by atoms with van der Waals surface area (Å²) >= 11 is 1.87. The van der Waals surface area contributed by atoms with Crippen LogP contribution in [0, 0.1) is 12.8 Å². The fraction of sp³-hybridized carbons (Fsp3) is 0.765. The third-order valence-corrected chi connectivity index (χ3v) is 4.92. The quantitative estimate of drug-likeness (QED) is 0.565. The summed E-state index contributed by atoms with van der Waals surface area (Å²) in [6.45, 7) is 16.3. The summed E-state index contributed by atoms with van der Waals surface area (Å²) in [7, 11) is 0. The fourth-order valence-corrected chi connectivity index (χ4v) is 2.87. The molecular weight excluding hydrogens is 278 g/mol. The lowest BCUT2D eigenvalue weighted by atomic mass is 9.95. The molecule has 1 rings (SSSR count). The summed E-state index contributed by atoms with van der Waals surface area (Å²) < 4.78 is 0. The molecule has 120 valence electrons. The van der Waals surface area contributed by atoms with Crippen molar-refractivity contribution in [2.45, 2.75) is 71.7 Å². The van der Waals surface area contributed by atoms with Crippen molar-refractivity contribution in [3.8, 4) is 0 Å². The predicted molar refractivity (Wildman–Crippen MR) is 94.4 cm³/mol. The molecule has 0 aromatic carbocycles. The van der Waals surface area contributed by atoms with Crippen LogP contribution in [0.5, 0.6) is 0 Å². The summed E-state index contributed by atoms with van der Waals surface area (Å²) in [4.78, 5) is 9.58. The minimum atomic E-state index is -0.0258. The van der Waals surface area contributed by atoms with Gasteiger partial charge in [-0.25, -0.2) is 9.97 Å². The molecule has 3 nitrogen and oxygen atoms in total. The first-order valence-corrected chi connectivity index (χ1v) is 9.03. The van der Waals surface area contributed by atoms with E-state index in [1.54, 1.807) is 0 Å². The standard InChI is InChI=1S/C17H31N3S/c1-8-10-18-14-13(4)15(21-11-12(3)9-2)20-16(19-14)17(5,6)7/h12H,8-11H2,1-7H3,(H,18,19,20). The highest BCUT2D eigenvalue weighted by molar-refractivity contribution is 7.99. The van der Waals surface area contributed by atoms with Crippen molar-refractivity contribution in [3.05, 3.63) is 11.4 Å². The van der Waals surface area contributed by atoms with Gasteiger partial charge in [-0.05, 0) is 19.3 Å². The zero-order valence-corrected chi connectivity index (χ0v) is 15.5. The van der Waals surface area contributed by atoms with E-state index >= 15 is 0 Å². The van der Waals surface area contributed by atoms with Gasteiger partial charge in [0.15, 0.2) is 0 Å². The molecule has 0 fully saturated rings. The van der Waals surface area contributed by atoms with E-state index in [4.69, 9.17) is 9.97 Å². The molecule has 1 N–H and O–H groups in total. The van der Waals surface area contributed by atoms with Crippen molar-refractivity contribution < 1.29 is 0 Å². The Kier molecular flexibility index (Phi) is 6.98. The Morgan fingerprint density at radius 2 is 1.86 bits per heavy atom. The Morgan fingerprint density at radius 3 is 2.38 bits per heavy atom. The lowest BCUT2D eigenvalue weighted by Crippen LogP contribution is -2.19. The van der Waals surface area contributed by atoms with Crippen molar-refractivity contribution in [2.24, 2.45) is 5.92 Å². The molecule has 1 aromatic heterocycles. The molecular formula is C17H31N3S. The summed E-state index contributed by atoms with van der Waals surface area (Å²) in [6.07, 6.45) is 2.31. The van der Waals surface area contributed by atoms with Gasteiger partial charge in [0.25, 0.3) is 0 Å². The zero-order valence-electron chi connectivity index (χ0n) is 14.7. The highest BCUT2D eigenvalue weighted by Crippen LogP contribution is 2.30. The van der Waals surface area contributed by atoms with Gasteiger partial charge >= 0.3 is 0 Å². The topological polar surface area (TPSA) is 37.8 Å². The van der Waals surface area contributed by atoms with Crippen LogP contribution in [0.15, 0.2) is 5.03 Å². The van der Waals surface area contributed by atoms with Crippen LogP contribution in [0.3, 0.4) is 0 Å². The smallest absolute Gasteiger partial charge is 0.137 e. The molecule has 21 heavy (non-hydrogen) atoms. The maximum absolute atomic E-state index is 4.83. The van der Waals surface area contributed by atoms with Gasteiger partial charge in [0.05, 0.1) is 0 Å². The summed E-state index contributed by atoms with van der Waals surface area (Å²) in [5.41, 5.74) is 1.16. The van der Waals surface area contributed by atoms with Crippen molar-refractivity contribution >= 4 is 17.6 Å². The second-order valence-electron chi connectivity index (χ2n) is 6.83. The zero-order chi connectivity index (χ0) is 16.0. The van der Waals surface area contributed by atoms with Crippen molar-refractivity contribution in [3.63, 3.8) is 0 Å². The van der Waals surface area contributed by atoms with Gasteiger partial charge < -0.3 is 5.32 Å². The van der Waals surface area contributed by atoms with E-state index in [1.165, 1.54) is 12.0 Å². The first-order valence-electron chi connectivity index (χ1n) is 8.05. The van der Waals surface area contributed by atoms with Gasteiger partial charge in [-0.1, -0.05) is 48.0 Å². The number of hydrogen-bond acceptors (Lipinski definition) is 4. The number of aromatic nitrogens is 2. The molecule has 0 bridgehead atoms. The van der Waals surface area contributed by atoms with Crippen LogP contribution in [0.4, 0.5) is 5.82 Å². The summed E-state index contributed by atoms with van der Waals surface area (Å²) in [6, 6.07) is 0. The maximum Gasteiger partial charge on any atom is 0.137 e. The number of hydrogen-bond donors (Lipinski definition) is 1. The molecule has 0 spiro atoms. The summed E-state index contributed by atoms with van der Waals surface area (Å²) in [5, 5.41) is 4.59. The van der Waals surface area contributed by atoms with Gasteiger partial charge in [-0.15, -0.1) is 11.8 Å². The third kappa shape index (κ3) is 5.50. The van der Waals surface area contributed by atoms with Crippen LogP contribution in [0.1, 0.15) is 65.8 Å². The number of rotatable bonds is 7.